The van der Waals surface area contributed by atoms with E-state index in [1.54, 1.807) is 12.1 Å². The molecule has 1 heterocycles. The van der Waals surface area contributed by atoms with Crippen LogP contribution in [0.1, 0.15) is 12.5 Å². The van der Waals surface area contributed by atoms with Crippen molar-refractivity contribution in [2.75, 3.05) is 5.75 Å². The molecule has 0 bridgehead atoms. The number of nitrogens with zero attached hydrogens (tertiary/aromatic N) is 1. The van der Waals surface area contributed by atoms with Gasteiger partial charge in [-0.2, -0.15) is 0 Å². The zero-order valence-electron chi connectivity index (χ0n) is 8.04. The summed E-state index contributed by atoms with van der Waals surface area (Å²) < 4.78 is 0. The predicted octanol–water partition coefficient (Wildman–Crippen LogP) is 3.68. The van der Waals surface area contributed by atoms with E-state index in [1.807, 2.05) is 12.2 Å². The number of halogens is 2. The Balaban J connectivity index is 2.60. The highest BCUT2D eigenvalue weighted by atomic mass is 35.5. The van der Waals surface area contributed by atoms with E-state index in [0.717, 1.165) is 5.56 Å². The summed E-state index contributed by atoms with van der Waals surface area (Å²) in [5.41, 5.74) is 0.796. The minimum atomic E-state index is 0.0972. The molecule has 0 saturated heterocycles. The number of thioether (sulfide) groups is 1. The Kier molecular flexibility index (Phi) is 5.15. The SMILES string of the molecule is CC(=O)SCC=Cc1ccc(Cl)nc1Cl. The van der Waals surface area contributed by atoms with Crippen LogP contribution in [0.3, 0.4) is 0 Å². The lowest BCUT2D eigenvalue weighted by Gasteiger charge is -1.97. The number of pyridine rings is 1. The summed E-state index contributed by atoms with van der Waals surface area (Å²) in [5, 5.41) is 0.835. The number of aromatic nitrogens is 1. The molecule has 0 radical (unpaired) electrons. The van der Waals surface area contributed by atoms with Crippen molar-refractivity contribution in [1.82, 2.24) is 4.98 Å². The van der Waals surface area contributed by atoms with Gasteiger partial charge in [-0.1, -0.05) is 47.1 Å². The van der Waals surface area contributed by atoms with Gasteiger partial charge in [-0.15, -0.1) is 0 Å². The van der Waals surface area contributed by atoms with Gasteiger partial charge < -0.3 is 0 Å². The summed E-state index contributed by atoms with van der Waals surface area (Å²) in [5.74, 6) is 0.633. The van der Waals surface area contributed by atoms with Crippen LogP contribution in [0.5, 0.6) is 0 Å². The van der Waals surface area contributed by atoms with E-state index >= 15 is 0 Å². The molecule has 0 amide bonds. The maximum absolute atomic E-state index is 10.6. The van der Waals surface area contributed by atoms with Crippen molar-refractivity contribution in [3.63, 3.8) is 0 Å². The van der Waals surface area contributed by atoms with Crippen molar-refractivity contribution in [2.24, 2.45) is 0 Å². The number of carbonyl (C=O) groups is 1. The monoisotopic (exact) mass is 261 g/mol. The van der Waals surface area contributed by atoms with Crippen LogP contribution < -0.4 is 0 Å². The fourth-order valence-electron chi connectivity index (χ4n) is 0.888. The zero-order chi connectivity index (χ0) is 11.3. The molecule has 5 heteroatoms. The van der Waals surface area contributed by atoms with E-state index < -0.39 is 0 Å². The molecule has 0 atom stereocenters. The largest absolute Gasteiger partial charge is 0.288 e. The summed E-state index contributed by atoms with van der Waals surface area (Å²) in [6.07, 6.45) is 3.68. The van der Waals surface area contributed by atoms with E-state index in [0.29, 0.717) is 16.1 Å². The number of hydrogen-bond donors (Lipinski definition) is 0. The van der Waals surface area contributed by atoms with Gasteiger partial charge in [-0.05, 0) is 12.1 Å². The Morgan fingerprint density at radius 1 is 1.53 bits per heavy atom. The lowest BCUT2D eigenvalue weighted by Crippen LogP contribution is -1.83. The van der Waals surface area contributed by atoms with Crippen molar-refractivity contribution >= 4 is 46.2 Å². The van der Waals surface area contributed by atoms with E-state index in [9.17, 15) is 4.79 Å². The van der Waals surface area contributed by atoms with E-state index in [-0.39, 0.29) is 5.12 Å². The van der Waals surface area contributed by atoms with Gasteiger partial charge in [0.25, 0.3) is 0 Å². The second kappa shape index (κ2) is 6.16. The highest BCUT2D eigenvalue weighted by Crippen LogP contribution is 2.18. The Bertz CT molecular complexity index is 393. The molecule has 0 unspecified atom stereocenters. The maximum atomic E-state index is 10.6. The summed E-state index contributed by atoms with van der Waals surface area (Å²) in [4.78, 5) is 14.5. The second-order valence-electron chi connectivity index (χ2n) is 2.72. The molecule has 0 aliphatic heterocycles. The van der Waals surface area contributed by atoms with Gasteiger partial charge in [0.15, 0.2) is 5.12 Å². The van der Waals surface area contributed by atoms with Gasteiger partial charge in [0.1, 0.15) is 10.3 Å². The molecule has 0 aromatic carbocycles. The minimum Gasteiger partial charge on any atom is -0.288 e. The van der Waals surface area contributed by atoms with Crippen molar-refractivity contribution in [2.45, 2.75) is 6.92 Å². The molecule has 15 heavy (non-hydrogen) atoms. The third-order valence-electron chi connectivity index (χ3n) is 1.52. The Morgan fingerprint density at radius 2 is 2.27 bits per heavy atom. The van der Waals surface area contributed by atoms with Crippen molar-refractivity contribution in [3.05, 3.63) is 34.1 Å². The molecular weight excluding hydrogens is 253 g/mol. The smallest absolute Gasteiger partial charge is 0.186 e. The van der Waals surface area contributed by atoms with E-state index in [2.05, 4.69) is 4.98 Å². The molecule has 2 nitrogen and oxygen atoms in total. The van der Waals surface area contributed by atoms with Gasteiger partial charge in [0, 0.05) is 18.2 Å². The third-order valence-corrected chi connectivity index (χ3v) is 2.80. The molecule has 0 aliphatic carbocycles. The molecule has 0 spiro atoms. The van der Waals surface area contributed by atoms with Gasteiger partial charge in [-0.3, -0.25) is 4.79 Å². The molecule has 0 N–H and O–H groups in total. The van der Waals surface area contributed by atoms with Crippen LogP contribution in [0.25, 0.3) is 6.08 Å². The van der Waals surface area contributed by atoms with Gasteiger partial charge in [-0.25, -0.2) is 4.98 Å². The first-order valence-corrected chi connectivity index (χ1v) is 5.95. The second-order valence-corrected chi connectivity index (χ2v) is 4.66. The minimum absolute atomic E-state index is 0.0972. The quantitative estimate of drug-likeness (QED) is 0.778. The Labute approximate surface area is 103 Å². The summed E-state index contributed by atoms with van der Waals surface area (Å²) in [6, 6.07) is 3.46. The number of hydrogen-bond acceptors (Lipinski definition) is 3. The average molecular weight is 262 g/mol. The summed E-state index contributed by atoms with van der Waals surface area (Å²) in [7, 11) is 0. The lowest BCUT2D eigenvalue weighted by atomic mass is 10.3. The standard InChI is InChI=1S/C10H9Cl2NOS/c1-7(14)15-6-2-3-8-4-5-9(11)13-10(8)12/h2-5H,6H2,1H3. The van der Waals surface area contributed by atoms with Crippen LogP contribution in [0.2, 0.25) is 10.3 Å². The Hall–Kier alpha value is -0.510. The highest BCUT2D eigenvalue weighted by Gasteiger charge is 1.98. The fourth-order valence-corrected chi connectivity index (χ4v) is 1.72. The van der Waals surface area contributed by atoms with Crippen LogP contribution >= 0.6 is 35.0 Å². The summed E-state index contributed by atoms with van der Waals surface area (Å²) >= 11 is 12.7. The van der Waals surface area contributed by atoms with Crippen LogP contribution in [-0.2, 0) is 4.79 Å². The van der Waals surface area contributed by atoms with Crippen molar-refractivity contribution in [3.8, 4) is 0 Å². The van der Waals surface area contributed by atoms with Crippen LogP contribution in [0, 0.1) is 0 Å². The van der Waals surface area contributed by atoms with Crippen LogP contribution in [0.4, 0.5) is 0 Å². The topological polar surface area (TPSA) is 30.0 Å². The zero-order valence-corrected chi connectivity index (χ0v) is 10.4. The van der Waals surface area contributed by atoms with Crippen LogP contribution in [0.15, 0.2) is 18.2 Å². The summed E-state index contributed by atoms with van der Waals surface area (Å²) in [6.45, 7) is 1.54. The lowest BCUT2D eigenvalue weighted by molar-refractivity contribution is -0.109. The molecule has 1 rings (SSSR count). The highest BCUT2D eigenvalue weighted by molar-refractivity contribution is 8.13. The van der Waals surface area contributed by atoms with Crippen LogP contribution in [-0.4, -0.2) is 15.9 Å². The van der Waals surface area contributed by atoms with Gasteiger partial charge in [0.05, 0.1) is 0 Å². The molecule has 0 fully saturated rings. The Morgan fingerprint density at radius 3 is 2.87 bits per heavy atom. The molecular formula is C10H9Cl2NOS. The van der Waals surface area contributed by atoms with E-state index in [1.165, 1.54) is 18.7 Å². The fraction of sp³-hybridized carbons (Fsp3) is 0.200. The van der Waals surface area contributed by atoms with Crippen molar-refractivity contribution in [1.29, 1.82) is 0 Å². The molecule has 1 aromatic rings. The van der Waals surface area contributed by atoms with E-state index in [4.69, 9.17) is 23.2 Å². The molecule has 80 valence electrons. The molecule has 0 saturated carbocycles. The first kappa shape index (κ1) is 12.6. The third kappa shape index (κ3) is 4.69. The predicted molar refractivity (Wildman–Crippen MR) is 66.4 cm³/mol. The molecule has 1 aromatic heterocycles. The normalized spacial score (nSPS) is 10.9. The van der Waals surface area contributed by atoms with Crippen molar-refractivity contribution < 1.29 is 4.79 Å². The van der Waals surface area contributed by atoms with Gasteiger partial charge in [0.2, 0.25) is 0 Å². The number of rotatable bonds is 3. The van der Waals surface area contributed by atoms with Gasteiger partial charge >= 0.3 is 0 Å². The molecule has 0 aliphatic rings. The number of carbonyl (C=O) groups excluding carboxylic acids is 1. The average Bonchev–Trinajstić information content (AvgIpc) is 2.14. The maximum Gasteiger partial charge on any atom is 0.186 e. The first-order chi connectivity index (χ1) is 7.09. The first-order valence-electron chi connectivity index (χ1n) is 4.21.